The van der Waals surface area contributed by atoms with Crippen LogP contribution in [-0.4, -0.2) is 55.5 Å². The van der Waals surface area contributed by atoms with Crippen LogP contribution in [-0.2, 0) is 19.1 Å². The van der Waals surface area contributed by atoms with Gasteiger partial charge in [-0.05, 0) is 41.0 Å². The van der Waals surface area contributed by atoms with Crippen LogP contribution in [0.1, 0.15) is 29.9 Å². The highest BCUT2D eigenvalue weighted by molar-refractivity contribution is 5.82. The van der Waals surface area contributed by atoms with Gasteiger partial charge in [-0.25, -0.2) is 4.79 Å². The van der Waals surface area contributed by atoms with Crippen LogP contribution in [0.5, 0.6) is 0 Å². The zero-order valence-electron chi connectivity index (χ0n) is 18.7. The molecule has 3 N–H and O–H groups in total. The van der Waals surface area contributed by atoms with E-state index in [2.05, 4.69) is 34.9 Å². The lowest BCUT2D eigenvalue weighted by Crippen LogP contribution is -2.34. The Hall–Kier alpha value is -3.39. The average Bonchev–Trinajstić information content (AvgIpc) is 3.34. The number of carbonyl (C=O) groups excluding carboxylic acids is 2. The Balaban J connectivity index is 1.04. The first-order valence-electron chi connectivity index (χ1n) is 11.7. The monoisotopic (exact) mass is 464 g/mol. The van der Waals surface area contributed by atoms with Crippen molar-refractivity contribution < 1.29 is 29.0 Å². The molecule has 2 fully saturated rings. The number of amides is 2. The Kier molecular flexibility index (Phi) is 6.24. The molecule has 0 unspecified atom stereocenters. The molecule has 2 aliphatic carbocycles. The molecule has 2 aromatic carbocycles. The smallest absolute Gasteiger partial charge is 0.407 e. The van der Waals surface area contributed by atoms with E-state index in [0.717, 1.165) is 11.1 Å². The lowest BCUT2D eigenvalue weighted by molar-refractivity contribution is -0.141. The van der Waals surface area contributed by atoms with E-state index in [1.165, 1.54) is 11.1 Å². The number of rotatable bonds is 8. The average molecular weight is 465 g/mol. The molecule has 0 spiro atoms. The van der Waals surface area contributed by atoms with Crippen LogP contribution in [0.2, 0.25) is 0 Å². The second-order valence-corrected chi connectivity index (χ2v) is 9.28. The molecule has 8 heteroatoms. The Bertz CT molecular complexity index is 1060. The van der Waals surface area contributed by atoms with Crippen molar-refractivity contribution in [2.24, 2.45) is 17.8 Å². The van der Waals surface area contributed by atoms with Gasteiger partial charge in [0.25, 0.3) is 0 Å². The molecular formula is C26H28N2O6. The number of aliphatic carboxylic acids is 1. The van der Waals surface area contributed by atoms with E-state index >= 15 is 0 Å². The van der Waals surface area contributed by atoms with Gasteiger partial charge >= 0.3 is 12.1 Å². The maximum absolute atomic E-state index is 12.3. The van der Waals surface area contributed by atoms with Gasteiger partial charge in [0.15, 0.2) is 0 Å². The van der Waals surface area contributed by atoms with E-state index in [1.807, 2.05) is 24.3 Å². The highest BCUT2D eigenvalue weighted by Crippen LogP contribution is 2.44. The fourth-order valence-electron chi connectivity index (χ4n) is 5.02. The summed E-state index contributed by atoms with van der Waals surface area (Å²) >= 11 is 0. The lowest BCUT2D eigenvalue weighted by Gasteiger charge is -2.14. The molecule has 1 saturated carbocycles. The summed E-state index contributed by atoms with van der Waals surface area (Å²) in [5.41, 5.74) is 4.69. The number of benzene rings is 2. The van der Waals surface area contributed by atoms with Gasteiger partial charge in [0.2, 0.25) is 5.91 Å². The van der Waals surface area contributed by atoms with E-state index in [1.54, 1.807) is 0 Å². The zero-order valence-corrected chi connectivity index (χ0v) is 18.7. The lowest BCUT2D eigenvalue weighted by atomic mass is 9.98. The third-order valence-electron chi connectivity index (χ3n) is 7.05. The van der Waals surface area contributed by atoms with Crippen molar-refractivity contribution in [2.75, 3.05) is 26.3 Å². The van der Waals surface area contributed by atoms with Crippen molar-refractivity contribution in [2.45, 2.75) is 24.9 Å². The summed E-state index contributed by atoms with van der Waals surface area (Å²) in [6.07, 6.45) is 0.374. The van der Waals surface area contributed by atoms with Crippen molar-refractivity contribution >= 4 is 18.0 Å². The minimum Gasteiger partial charge on any atom is -0.481 e. The molecule has 2 aromatic rings. The van der Waals surface area contributed by atoms with Gasteiger partial charge in [-0.2, -0.15) is 0 Å². The largest absolute Gasteiger partial charge is 0.481 e. The number of hydrogen-bond donors (Lipinski definition) is 3. The third-order valence-corrected chi connectivity index (χ3v) is 7.05. The summed E-state index contributed by atoms with van der Waals surface area (Å²) in [6.45, 7) is 1.14. The number of hydrogen-bond acceptors (Lipinski definition) is 5. The number of alkyl carbamates (subject to hydrolysis) is 1. The molecule has 3 aliphatic rings. The van der Waals surface area contributed by atoms with Gasteiger partial charge < -0.3 is 25.2 Å². The van der Waals surface area contributed by atoms with Crippen LogP contribution in [0.3, 0.4) is 0 Å². The van der Waals surface area contributed by atoms with Crippen LogP contribution < -0.4 is 10.6 Å². The van der Waals surface area contributed by atoms with Gasteiger partial charge in [0.05, 0.1) is 18.6 Å². The molecule has 8 nitrogen and oxygen atoms in total. The topological polar surface area (TPSA) is 114 Å². The fraction of sp³-hybridized carbons (Fsp3) is 0.423. The molecule has 34 heavy (non-hydrogen) atoms. The molecule has 4 atom stereocenters. The highest BCUT2D eigenvalue weighted by atomic mass is 16.5. The first-order chi connectivity index (χ1) is 16.5. The van der Waals surface area contributed by atoms with E-state index in [4.69, 9.17) is 14.6 Å². The molecule has 178 valence electrons. The quantitative estimate of drug-likeness (QED) is 0.554. The van der Waals surface area contributed by atoms with Crippen LogP contribution in [0.25, 0.3) is 11.1 Å². The van der Waals surface area contributed by atoms with Crippen LogP contribution in [0, 0.1) is 17.8 Å². The summed E-state index contributed by atoms with van der Waals surface area (Å²) in [5, 5.41) is 14.6. The minimum atomic E-state index is -0.865. The van der Waals surface area contributed by atoms with Crippen LogP contribution in [0.15, 0.2) is 48.5 Å². The normalized spacial score (nSPS) is 24.7. The molecule has 1 heterocycles. The summed E-state index contributed by atoms with van der Waals surface area (Å²) in [7, 11) is 0. The Labute approximate surface area is 197 Å². The first-order valence-corrected chi connectivity index (χ1v) is 11.7. The maximum atomic E-state index is 12.3. The van der Waals surface area contributed by atoms with Crippen molar-refractivity contribution in [3.63, 3.8) is 0 Å². The minimum absolute atomic E-state index is 0.0103. The van der Waals surface area contributed by atoms with Gasteiger partial charge in [-0.3, -0.25) is 9.59 Å². The molecule has 2 amide bonds. The van der Waals surface area contributed by atoms with E-state index in [0.29, 0.717) is 25.9 Å². The number of carboxylic acid groups (broad SMARTS) is 1. The zero-order chi connectivity index (χ0) is 23.7. The van der Waals surface area contributed by atoms with E-state index < -0.39 is 18.0 Å². The molecular weight excluding hydrogens is 436 g/mol. The molecule has 1 saturated heterocycles. The number of carbonyl (C=O) groups is 3. The molecule has 5 rings (SSSR count). The van der Waals surface area contributed by atoms with Gasteiger partial charge in [0.1, 0.15) is 6.61 Å². The summed E-state index contributed by atoms with van der Waals surface area (Å²) in [4.78, 5) is 35.7. The Morgan fingerprint density at radius 2 is 1.62 bits per heavy atom. The van der Waals surface area contributed by atoms with Crippen molar-refractivity contribution in [3.8, 4) is 11.1 Å². The molecule has 0 aromatic heterocycles. The molecule has 0 bridgehead atoms. The van der Waals surface area contributed by atoms with Gasteiger partial charge in [-0.15, -0.1) is 0 Å². The summed E-state index contributed by atoms with van der Waals surface area (Å²) in [6, 6.07) is 16.4. The second kappa shape index (κ2) is 9.46. The highest BCUT2D eigenvalue weighted by Gasteiger charge is 2.43. The first kappa shape index (κ1) is 22.4. The van der Waals surface area contributed by atoms with Crippen molar-refractivity contribution in [1.82, 2.24) is 10.6 Å². The Morgan fingerprint density at radius 3 is 2.26 bits per heavy atom. The predicted molar refractivity (Wildman–Crippen MR) is 123 cm³/mol. The molecule has 1 aliphatic heterocycles. The van der Waals surface area contributed by atoms with Gasteiger partial charge in [-0.1, -0.05) is 48.5 Å². The maximum Gasteiger partial charge on any atom is 0.407 e. The predicted octanol–water partition coefficient (Wildman–Crippen LogP) is 2.77. The van der Waals surface area contributed by atoms with E-state index in [-0.39, 0.29) is 43.0 Å². The van der Waals surface area contributed by atoms with Crippen LogP contribution in [0.4, 0.5) is 4.79 Å². The standard InChI is InChI=1S/C26H28N2O6/c29-24(27-12-17-9-16(13-33-17)25(30)31)22-10-15(22)11-28-26(32)34-14-23-20-7-3-1-5-18(20)19-6-2-4-8-21(19)23/h1-8,15-17,22-23H,9-14H2,(H,27,29)(H,28,32)(H,30,31)/t15-,16+,17+,22-/m1/s1. The second-order valence-electron chi connectivity index (χ2n) is 9.28. The van der Waals surface area contributed by atoms with Gasteiger partial charge in [0, 0.05) is 24.9 Å². The van der Waals surface area contributed by atoms with Crippen LogP contribution >= 0.6 is 0 Å². The Morgan fingerprint density at radius 1 is 0.941 bits per heavy atom. The number of nitrogens with one attached hydrogen (secondary N) is 2. The third kappa shape index (κ3) is 4.63. The number of fused-ring (bicyclic) bond motifs is 3. The van der Waals surface area contributed by atoms with Crippen molar-refractivity contribution in [1.29, 1.82) is 0 Å². The number of ether oxygens (including phenoxy) is 2. The van der Waals surface area contributed by atoms with E-state index in [9.17, 15) is 14.4 Å². The molecule has 0 radical (unpaired) electrons. The fourth-order valence-corrected chi connectivity index (χ4v) is 5.02. The van der Waals surface area contributed by atoms with Crippen molar-refractivity contribution in [3.05, 3.63) is 59.7 Å². The summed E-state index contributed by atoms with van der Waals surface area (Å²) < 4.78 is 11.0. The SMILES string of the molecule is O=C(NC[C@H]1C[C@H]1C(=O)NC[C@@H]1C[C@H](C(=O)O)CO1)OCC1c2ccccc2-c2ccccc21. The summed E-state index contributed by atoms with van der Waals surface area (Å²) in [5.74, 6) is -1.51. The number of carboxylic acids is 1.